The summed E-state index contributed by atoms with van der Waals surface area (Å²) in [4.78, 5) is 25.4. The molecule has 2 aromatic carbocycles. The number of ether oxygens (including phenoxy) is 3. The average Bonchev–Trinajstić information content (AvgIpc) is 2.74. The van der Waals surface area contributed by atoms with E-state index >= 15 is 0 Å². The molecule has 0 saturated heterocycles. The minimum atomic E-state index is -4.06. The predicted molar refractivity (Wildman–Crippen MR) is 122 cm³/mol. The van der Waals surface area contributed by atoms with Crippen molar-refractivity contribution in [2.75, 3.05) is 19.8 Å². The smallest absolute Gasteiger partial charge is 0.324 e. The fourth-order valence-corrected chi connectivity index (χ4v) is 5.15. The highest BCUT2D eigenvalue weighted by Gasteiger charge is 2.31. The van der Waals surface area contributed by atoms with Crippen LogP contribution in [-0.4, -0.2) is 46.0 Å². The molecule has 0 aromatic heterocycles. The lowest BCUT2D eigenvalue weighted by Gasteiger charge is -2.22. The van der Waals surface area contributed by atoms with E-state index in [-0.39, 0.29) is 10.7 Å². The molecule has 1 atom stereocenters. The SMILES string of the molecule is Cc1cc(C)c(C(=O)COC(=O)[C@@H](NS(=O)(=O)c2ccc3c(c2)OCCO3)C(C)C)c(C)c1. The van der Waals surface area contributed by atoms with Crippen LogP contribution >= 0.6 is 0 Å². The summed E-state index contributed by atoms with van der Waals surface area (Å²) in [6, 6.07) is 6.85. The zero-order valence-corrected chi connectivity index (χ0v) is 20.2. The summed E-state index contributed by atoms with van der Waals surface area (Å²) in [6.07, 6.45) is 0. The van der Waals surface area contributed by atoms with E-state index in [2.05, 4.69) is 4.72 Å². The molecule has 9 heteroatoms. The molecule has 1 aliphatic rings. The molecule has 0 saturated carbocycles. The summed E-state index contributed by atoms with van der Waals surface area (Å²) in [7, 11) is -4.06. The van der Waals surface area contributed by atoms with Gasteiger partial charge in [-0.15, -0.1) is 0 Å². The van der Waals surface area contributed by atoms with E-state index in [0.717, 1.165) is 16.7 Å². The van der Waals surface area contributed by atoms with Crippen molar-refractivity contribution in [1.29, 1.82) is 0 Å². The van der Waals surface area contributed by atoms with Gasteiger partial charge in [-0.3, -0.25) is 9.59 Å². The van der Waals surface area contributed by atoms with Crippen LogP contribution in [0.4, 0.5) is 0 Å². The molecule has 3 rings (SSSR count). The van der Waals surface area contributed by atoms with Crippen LogP contribution < -0.4 is 14.2 Å². The molecule has 0 bridgehead atoms. The molecule has 0 radical (unpaired) electrons. The number of carbonyl (C=O) groups excluding carboxylic acids is 2. The van der Waals surface area contributed by atoms with Gasteiger partial charge in [0, 0.05) is 11.6 Å². The molecule has 8 nitrogen and oxygen atoms in total. The number of rotatable bonds is 8. The van der Waals surface area contributed by atoms with Crippen molar-refractivity contribution in [3.8, 4) is 11.5 Å². The van der Waals surface area contributed by atoms with Gasteiger partial charge in [-0.1, -0.05) is 31.5 Å². The molecular formula is C24H29NO7S. The van der Waals surface area contributed by atoms with E-state index in [1.807, 2.05) is 32.9 Å². The van der Waals surface area contributed by atoms with Crippen LogP contribution in [-0.2, 0) is 19.6 Å². The molecule has 0 amide bonds. The van der Waals surface area contributed by atoms with Crippen LogP contribution in [0.15, 0.2) is 35.2 Å². The van der Waals surface area contributed by atoms with Crippen molar-refractivity contribution in [2.45, 2.75) is 45.6 Å². The van der Waals surface area contributed by atoms with Crippen LogP contribution in [0.5, 0.6) is 11.5 Å². The normalized spacial score (nSPS) is 14.1. The standard InChI is InChI=1S/C24H29NO7S/c1-14(2)23(24(27)32-13-19(26)22-16(4)10-15(3)11-17(22)5)25-33(28,29)18-6-7-20-21(12-18)31-9-8-30-20/h6-7,10-12,14,23,25H,8-9,13H2,1-5H3/t23-/m0/s1. The van der Waals surface area contributed by atoms with Crippen molar-refractivity contribution in [1.82, 2.24) is 4.72 Å². The fraction of sp³-hybridized carbons (Fsp3) is 0.417. The summed E-state index contributed by atoms with van der Waals surface area (Å²) in [5.74, 6) is -0.790. The third-order valence-electron chi connectivity index (χ3n) is 5.33. The highest BCUT2D eigenvalue weighted by atomic mass is 32.2. The van der Waals surface area contributed by atoms with Crippen molar-refractivity contribution in [2.24, 2.45) is 5.92 Å². The van der Waals surface area contributed by atoms with Gasteiger partial charge in [0.1, 0.15) is 19.3 Å². The number of fused-ring (bicyclic) bond motifs is 1. The van der Waals surface area contributed by atoms with Gasteiger partial charge in [-0.2, -0.15) is 4.72 Å². The third kappa shape index (κ3) is 5.72. The molecule has 1 heterocycles. The number of aryl methyl sites for hydroxylation is 3. The van der Waals surface area contributed by atoms with E-state index in [9.17, 15) is 18.0 Å². The first-order valence-electron chi connectivity index (χ1n) is 10.7. The Balaban J connectivity index is 1.72. The number of esters is 1. The maximum atomic E-state index is 12.9. The Hall–Kier alpha value is -2.91. The molecule has 2 aromatic rings. The number of hydrogen-bond donors (Lipinski definition) is 1. The number of ketones is 1. The van der Waals surface area contributed by atoms with Crippen molar-refractivity contribution in [3.05, 3.63) is 52.6 Å². The number of hydrogen-bond acceptors (Lipinski definition) is 7. The van der Waals surface area contributed by atoms with Gasteiger partial charge in [-0.25, -0.2) is 8.42 Å². The summed E-state index contributed by atoms with van der Waals surface area (Å²) in [6.45, 7) is 9.20. The van der Waals surface area contributed by atoms with Crippen LogP contribution in [0.1, 0.15) is 40.9 Å². The number of nitrogens with one attached hydrogen (secondary N) is 1. The van der Waals surface area contributed by atoms with Crippen molar-refractivity contribution < 1.29 is 32.2 Å². The zero-order valence-electron chi connectivity index (χ0n) is 19.4. The van der Waals surface area contributed by atoms with Gasteiger partial charge in [0.15, 0.2) is 18.1 Å². The number of carbonyl (C=O) groups is 2. The Morgan fingerprint density at radius 2 is 1.61 bits per heavy atom. The molecule has 1 aliphatic heterocycles. The van der Waals surface area contributed by atoms with Crippen LogP contribution in [0.3, 0.4) is 0 Å². The minimum absolute atomic E-state index is 0.0628. The van der Waals surface area contributed by atoms with Gasteiger partial charge in [-0.05, 0) is 49.9 Å². The molecule has 0 aliphatic carbocycles. The topological polar surface area (TPSA) is 108 Å². The highest BCUT2D eigenvalue weighted by molar-refractivity contribution is 7.89. The van der Waals surface area contributed by atoms with Gasteiger partial charge in [0.25, 0.3) is 0 Å². The largest absolute Gasteiger partial charge is 0.486 e. The number of benzene rings is 2. The average molecular weight is 476 g/mol. The fourth-order valence-electron chi connectivity index (χ4n) is 3.80. The van der Waals surface area contributed by atoms with E-state index in [1.54, 1.807) is 13.8 Å². The second-order valence-corrected chi connectivity index (χ2v) is 10.2. The number of Topliss-reactive ketones (excluding diaryl/α,β-unsaturated/α-hetero) is 1. The lowest BCUT2D eigenvalue weighted by molar-refractivity contribution is -0.145. The second-order valence-electron chi connectivity index (χ2n) is 8.45. The molecule has 178 valence electrons. The van der Waals surface area contributed by atoms with Gasteiger partial charge < -0.3 is 14.2 Å². The Bertz CT molecular complexity index is 1150. The Morgan fingerprint density at radius 3 is 2.21 bits per heavy atom. The molecule has 1 N–H and O–H groups in total. The molecular weight excluding hydrogens is 446 g/mol. The number of sulfonamides is 1. The second kappa shape index (κ2) is 9.93. The first-order valence-corrected chi connectivity index (χ1v) is 12.2. The highest BCUT2D eigenvalue weighted by Crippen LogP contribution is 2.32. The summed E-state index contributed by atoms with van der Waals surface area (Å²) < 4.78 is 44.4. The van der Waals surface area contributed by atoms with E-state index < -0.39 is 34.6 Å². The summed E-state index contributed by atoms with van der Waals surface area (Å²) >= 11 is 0. The lowest BCUT2D eigenvalue weighted by Crippen LogP contribution is -2.45. The van der Waals surface area contributed by atoms with Gasteiger partial charge in [0.05, 0.1) is 4.90 Å². The molecule has 0 spiro atoms. The Morgan fingerprint density at radius 1 is 1.00 bits per heavy atom. The monoisotopic (exact) mass is 475 g/mol. The lowest BCUT2D eigenvalue weighted by atomic mass is 9.97. The first kappa shape index (κ1) is 24.7. The van der Waals surface area contributed by atoms with Gasteiger partial charge >= 0.3 is 5.97 Å². The molecule has 0 unspecified atom stereocenters. The van der Waals surface area contributed by atoms with Crippen LogP contribution in [0, 0.1) is 26.7 Å². The summed E-state index contributed by atoms with van der Waals surface area (Å²) in [5, 5.41) is 0. The Labute approximate surface area is 194 Å². The van der Waals surface area contributed by atoms with E-state index in [0.29, 0.717) is 30.3 Å². The third-order valence-corrected chi connectivity index (χ3v) is 6.77. The zero-order chi connectivity index (χ0) is 24.3. The maximum absolute atomic E-state index is 12.9. The predicted octanol–water partition coefficient (Wildman–Crippen LogP) is 3.11. The van der Waals surface area contributed by atoms with Crippen LogP contribution in [0.25, 0.3) is 0 Å². The van der Waals surface area contributed by atoms with E-state index in [1.165, 1.54) is 18.2 Å². The Kier molecular flexibility index (Phi) is 7.44. The minimum Gasteiger partial charge on any atom is -0.486 e. The van der Waals surface area contributed by atoms with Crippen LogP contribution in [0.2, 0.25) is 0 Å². The summed E-state index contributed by atoms with van der Waals surface area (Å²) in [5.41, 5.74) is 3.14. The van der Waals surface area contributed by atoms with E-state index in [4.69, 9.17) is 14.2 Å². The van der Waals surface area contributed by atoms with Crippen molar-refractivity contribution >= 4 is 21.8 Å². The first-order chi connectivity index (χ1) is 15.5. The van der Waals surface area contributed by atoms with Crippen molar-refractivity contribution in [3.63, 3.8) is 0 Å². The van der Waals surface area contributed by atoms with Gasteiger partial charge in [0.2, 0.25) is 15.8 Å². The molecule has 33 heavy (non-hydrogen) atoms. The quantitative estimate of drug-likeness (QED) is 0.462. The maximum Gasteiger partial charge on any atom is 0.324 e. The molecule has 0 fully saturated rings.